The summed E-state index contributed by atoms with van der Waals surface area (Å²) in [5.41, 5.74) is 1.54. The third-order valence-electron chi connectivity index (χ3n) is 9.41. The van der Waals surface area contributed by atoms with Crippen molar-refractivity contribution in [3.05, 3.63) is 28.5 Å². The lowest BCUT2D eigenvalue weighted by Gasteiger charge is -2.48. The summed E-state index contributed by atoms with van der Waals surface area (Å²) in [7, 11) is 3.82. The van der Waals surface area contributed by atoms with Gasteiger partial charge in [-0.25, -0.2) is 13.8 Å². The number of nitrogen functional groups attached to an aromatic ring is 1. The molecule has 3 saturated heterocycles. The highest BCUT2D eigenvalue weighted by Gasteiger charge is 2.51. The minimum atomic E-state index is -4.96. The van der Waals surface area contributed by atoms with Crippen molar-refractivity contribution in [2.75, 3.05) is 77.3 Å². The molecule has 248 valence electrons. The number of pyridine rings is 1. The number of alkyl halides is 4. The van der Waals surface area contributed by atoms with Crippen LogP contribution in [0, 0.1) is 5.82 Å². The maximum atomic E-state index is 16.7. The molecule has 2 atom stereocenters. The van der Waals surface area contributed by atoms with Gasteiger partial charge in [0.2, 0.25) is 5.88 Å². The molecule has 0 bridgehead atoms. The number of ether oxygens (including phenoxy) is 3. The van der Waals surface area contributed by atoms with Crippen LogP contribution in [0.1, 0.15) is 24.8 Å². The monoisotopic (exact) mass is 669 g/mol. The van der Waals surface area contributed by atoms with Gasteiger partial charge in [-0.1, -0.05) is 11.6 Å². The van der Waals surface area contributed by atoms with Gasteiger partial charge in [0.25, 0.3) is 0 Å². The van der Waals surface area contributed by atoms with Gasteiger partial charge in [-0.3, -0.25) is 4.90 Å². The Morgan fingerprint density at radius 3 is 2.65 bits per heavy atom. The molecule has 2 aromatic heterocycles. The average Bonchev–Trinajstić information content (AvgIpc) is 3.42. The van der Waals surface area contributed by atoms with E-state index in [-0.39, 0.29) is 60.7 Å². The quantitative estimate of drug-likeness (QED) is 0.284. The predicted octanol–water partition coefficient (Wildman–Crippen LogP) is 4.57. The lowest BCUT2D eigenvalue weighted by Crippen LogP contribution is -2.66. The predicted molar refractivity (Wildman–Crippen MR) is 161 cm³/mol. The summed E-state index contributed by atoms with van der Waals surface area (Å²) in [5, 5.41) is -0.614. The van der Waals surface area contributed by atoms with Crippen molar-refractivity contribution in [3.8, 4) is 23.1 Å². The Balaban J connectivity index is 1.43. The molecule has 0 saturated carbocycles. The van der Waals surface area contributed by atoms with Gasteiger partial charge in [-0.2, -0.15) is 23.1 Å². The molecule has 4 aliphatic heterocycles. The first-order valence-electron chi connectivity index (χ1n) is 15.0. The Kier molecular flexibility index (Phi) is 7.61. The molecule has 16 heteroatoms. The van der Waals surface area contributed by atoms with Crippen LogP contribution >= 0.6 is 11.6 Å². The number of nitrogens with two attached hydrogens (primary N) is 1. The first-order chi connectivity index (χ1) is 21.8. The van der Waals surface area contributed by atoms with Crippen LogP contribution in [0.2, 0.25) is 5.02 Å². The molecular weight excluding hydrogens is 637 g/mol. The average molecular weight is 670 g/mol. The van der Waals surface area contributed by atoms with E-state index in [4.69, 9.17) is 36.5 Å². The number of rotatable bonds is 7. The van der Waals surface area contributed by atoms with Crippen LogP contribution in [-0.2, 0) is 10.9 Å². The van der Waals surface area contributed by atoms with E-state index in [1.807, 2.05) is 23.9 Å². The molecule has 0 unspecified atom stereocenters. The van der Waals surface area contributed by atoms with Crippen LogP contribution in [0.4, 0.5) is 33.5 Å². The molecule has 10 nitrogen and oxygen atoms in total. The fraction of sp³-hybridized carbons (Fsp3) is 0.567. The minimum absolute atomic E-state index is 0.0416. The van der Waals surface area contributed by atoms with Crippen LogP contribution in [0.5, 0.6) is 11.9 Å². The molecule has 0 aliphatic carbocycles. The highest BCUT2D eigenvalue weighted by Crippen LogP contribution is 2.48. The second-order valence-electron chi connectivity index (χ2n) is 12.9. The highest BCUT2D eigenvalue weighted by atomic mass is 35.5. The van der Waals surface area contributed by atoms with Crippen LogP contribution in [0.15, 0.2) is 12.1 Å². The van der Waals surface area contributed by atoms with Crippen molar-refractivity contribution in [1.82, 2.24) is 24.8 Å². The summed E-state index contributed by atoms with van der Waals surface area (Å²) >= 11 is 6.02. The van der Waals surface area contributed by atoms with Crippen molar-refractivity contribution in [1.29, 1.82) is 0 Å². The van der Waals surface area contributed by atoms with Crippen molar-refractivity contribution in [3.63, 3.8) is 0 Å². The van der Waals surface area contributed by atoms with Gasteiger partial charge in [-0.05, 0) is 45.6 Å². The molecule has 2 N–H and O–H groups in total. The van der Waals surface area contributed by atoms with E-state index in [2.05, 4.69) is 14.9 Å². The summed E-state index contributed by atoms with van der Waals surface area (Å²) in [6.45, 7) is 2.70. The lowest BCUT2D eigenvalue weighted by atomic mass is 9.95. The fourth-order valence-corrected chi connectivity index (χ4v) is 7.46. The van der Waals surface area contributed by atoms with Gasteiger partial charge in [0, 0.05) is 37.3 Å². The van der Waals surface area contributed by atoms with Gasteiger partial charge >= 0.3 is 12.2 Å². The van der Waals surface area contributed by atoms with E-state index in [1.54, 1.807) is 0 Å². The second kappa shape index (κ2) is 11.2. The zero-order chi connectivity index (χ0) is 32.6. The zero-order valence-electron chi connectivity index (χ0n) is 25.3. The number of likely N-dealkylation sites (N-methyl/N-ethyl adjacent to an activating group) is 1. The second-order valence-corrected chi connectivity index (χ2v) is 13.3. The molecule has 3 aromatic rings. The molecule has 0 amide bonds. The molecular formula is C30H33ClF5N7O3. The van der Waals surface area contributed by atoms with Gasteiger partial charge in [0.05, 0.1) is 29.3 Å². The summed E-state index contributed by atoms with van der Waals surface area (Å²) in [5.74, 6) is -1.04. The number of aromatic nitrogens is 3. The van der Waals surface area contributed by atoms with Crippen LogP contribution < -0.4 is 20.1 Å². The number of hydrogen-bond donors (Lipinski definition) is 1. The van der Waals surface area contributed by atoms with E-state index in [1.165, 1.54) is 0 Å². The standard InChI is InChI=1S/C30H33ClF5N7O3/c1-41(2)6-7-43-25-20-24(39-27(40-25)46-14-28-4-3-5-42(28)11-16(32)10-28)22(33)23(38-26(20)45-15-29(43)12-44-13-29)18-8-17(37)9-19(31)21(18)30(34,35)36/h8-9,16H,3-7,10-15,37H2,1-2H3/t16-,28+/m1/s1. The molecule has 7 rings (SSSR count). The summed E-state index contributed by atoms with van der Waals surface area (Å²) in [6, 6.07) is 1.73. The molecule has 1 aromatic carbocycles. The van der Waals surface area contributed by atoms with Crippen molar-refractivity contribution >= 4 is 34.0 Å². The summed E-state index contributed by atoms with van der Waals surface area (Å²) < 4.78 is 92.0. The number of benzene rings is 1. The first kappa shape index (κ1) is 31.3. The smallest absolute Gasteiger partial charge is 0.418 e. The molecule has 1 spiro atoms. The van der Waals surface area contributed by atoms with E-state index in [0.29, 0.717) is 26.1 Å². The number of halogens is 6. The maximum absolute atomic E-state index is 16.7. The van der Waals surface area contributed by atoms with Crippen LogP contribution in [-0.4, -0.2) is 109 Å². The molecule has 3 fully saturated rings. The third kappa shape index (κ3) is 5.15. The zero-order valence-corrected chi connectivity index (χ0v) is 26.0. The van der Waals surface area contributed by atoms with E-state index in [0.717, 1.165) is 31.5 Å². The first-order valence-corrected chi connectivity index (χ1v) is 15.4. The SMILES string of the molecule is CN(C)CCN1c2nc(OC[C@@]34CCCN3C[C@H](F)C4)nc3c(F)c(-c4cc(N)cc(Cl)c4C(F)(F)F)nc(c23)OCC12COC2. The lowest BCUT2D eigenvalue weighted by molar-refractivity contribution is -0.137. The van der Waals surface area contributed by atoms with Crippen LogP contribution in [0.3, 0.4) is 0 Å². The number of fused-ring (bicyclic) bond motifs is 1. The van der Waals surface area contributed by atoms with Gasteiger partial charge < -0.3 is 29.7 Å². The molecule has 6 heterocycles. The maximum Gasteiger partial charge on any atom is 0.418 e. The Bertz CT molecular complexity index is 1690. The fourth-order valence-electron chi connectivity index (χ4n) is 7.12. The molecule has 4 aliphatic rings. The molecule has 46 heavy (non-hydrogen) atoms. The Hall–Kier alpha value is -3.27. The van der Waals surface area contributed by atoms with E-state index in [9.17, 15) is 17.6 Å². The number of hydrogen-bond acceptors (Lipinski definition) is 10. The number of anilines is 2. The Morgan fingerprint density at radius 1 is 1.17 bits per heavy atom. The van der Waals surface area contributed by atoms with Gasteiger partial charge in [0.1, 0.15) is 47.3 Å². The van der Waals surface area contributed by atoms with Crippen molar-refractivity contribution < 1.29 is 36.2 Å². The van der Waals surface area contributed by atoms with Gasteiger partial charge in [-0.15, -0.1) is 0 Å². The topological polar surface area (TPSA) is 102 Å². The normalized spacial score (nSPS) is 23.9. The highest BCUT2D eigenvalue weighted by molar-refractivity contribution is 6.32. The number of nitrogens with zero attached hydrogens (tertiary/aromatic N) is 6. The van der Waals surface area contributed by atoms with E-state index >= 15 is 4.39 Å². The van der Waals surface area contributed by atoms with Crippen LogP contribution in [0.25, 0.3) is 22.2 Å². The Labute approximate surface area is 266 Å². The van der Waals surface area contributed by atoms with Gasteiger partial charge in [0.15, 0.2) is 5.82 Å². The van der Waals surface area contributed by atoms with Crippen molar-refractivity contribution in [2.24, 2.45) is 0 Å². The summed E-state index contributed by atoms with van der Waals surface area (Å²) in [4.78, 5) is 19.4. The third-order valence-corrected chi connectivity index (χ3v) is 9.71. The largest absolute Gasteiger partial charge is 0.474 e. The molecule has 0 radical (unpaired) electrons. The van der Waals surface area contributed by atoms with Crippen molar-refractivity contribution in [2.45, 2.75) is 42.7 Å². The Morgan fingerprint density at radius 2 is 1.96 bits per heavy atom. The van der Waals surface area contributed by atoms with E-state index < -0.39 is 51.1 Å². The minimum Gasteiger partial charge on any atom is -0.474 e. The summed E-state index contributed by atoms with van der Waals surface area (Å²) in [6.07, 6.45) is -4.05.